The van der Waals surface area contributed by atoms with Crippen LogP contribution in [-0.4, -0.2) is 26.6 Å². The third-order valence-electron chi connectivity index (χ3n) is 5.93. The third kappa shape index (κ3) is 2.72. The standard InChI is InChI=1S/C19H23N5O3S/c1-11-5-6-13-9-12-3-2-4-14(12)17(16(11)13)22-19(25)23-28(20,26)15-10-21-24-7-8-27-18(15)24/h9-11H,2-8H2,1H3,(H3,20,22,23,25,26). The molecule has 1 aliphatic heterocycles. The number of urea groups is 1. The number of nitrogens with two attached hydrogens (primary N) is 1. The Morgan fingerprint density at radius 3 is 3.11 bits per heavy atom. The predicted molar refractivity (Wildman–Crippen MR) is 105 cm³/mol. The van der Waals surface area contributed by atoms with Crippen molar-refractivity contribution in [2.75, 3.05) is 11.9 Å². The van der Waals surface area contributed by atoms with Gasteiger partial charge in [0.2, 0.25) is 5.88 Å². The molecule has 2 unspecified atom stereocenters. The van der Waals surface area contributed by atoms with Crippen LogP contribution in [0.1, 0.15) is 47.9 Å². The Kier molecular flexibility index (Phi) is 3.99. The lowest BCUT2D eigenvalue weighted by Gasteiger charge is -2.17. The van der Waals surface area contributed by atoms with Gasteiger partial charge in [-0.25, -0.2) is 18.8 Å². The van der Waals surface area contributed by atoms with Crippen LogP contribution in [0.25, 0.3) is 0 Å². The van der Waals surface area contributed by atoms with E-state index in [2.05, 4.69) is 27.8 Å². The first kappa shape index (κ1) is 17.7. The highest BCUT2D eigenvalue weighted by molar-refractivity contribution is 7.91. The lowest BCUT2D eigenvalue weighted by molar-refractivity contribution is 0.260. The summed E-state index contributed by atoms with van der Waals surface area (Å²) in [5.41, 5.74) is 5.85. The molecule has 2 aromatic rings. The van der Waals surface area contributed by atoms with Gasteiger partial charge < -0.3 is 10.1 Å². The van der Waals surface area contributed by atoms with E-state index in [-0.39, 0.29) is 4.90 Å². The number of ether oxygens (including phenoxy) is 1. The topological polar surface area (TPSA) is 112 Å². The Labute approximate surface area is 163 Å². The number of aromatic nitrogens is 2. The molecule has 0 bridgehead atoms. The zero-order chi connectivity index (χ0) is 19.5. The zero-order valence-electron chi connectivity index (χ0n) is 15.7. The molecular formula is C19H23N5O3S. The molecule has 0 spiro atoms. The maximum Gasteiger partial charge on any atom is 0.354 e. The van der Waals surface area contributed by atoms with Crippen molar-refractivity contribution in [3.63, 3.8) is 0 Å². The zero-order valence-corrected chi connectivity index (χ0v) is 16.6. The van der Waals surface area contributed by atoms with Crippen molar-refractivity contribution >= 4 is 21.6 Å². The van der Waals surface area contributed by atoms with Crippen LogP contribution in [0.5, 0.6) is 5.88 Å². The van der Waals surface area contributed by atoms with E-state index in [0.717, 1.165) is 37.8 Å². The van der Waals surface area contributed by atoms with Crippen LogP contribution in [-0.2, 0) is 35.7 Å². The third-order valence-corrected chi connectivity index (χ3v) is 7.28. The van der Waals surface area contributed by atoms with Gasteiger partial charge in [0.25, 0.3) is 0 Å². The van der Waals surface area contributed by atoms with Gasteiger partial charge in [0.15, 0.2) is 9.92 Å². The van der Waals surface area contributed by atoms with Crippen molar-refractivity contribution in [2.24, 2.45) is 9.50 Å². The number of carbonyl (C=O) groups excluding carboxylic acids is 1. The fraction of sp³-hybridized carbons (Fsp3) is 0.474. The highest BCUT2D eigenvalue weighted by Crippen LogP contribution is 2.44. The van der Waals surface area contributed by atoms with E-state index < -0.39 is 15.9 Å². The molecule has 1 aromatic heterocycles. The molecule has 3 N–H and O–H groups in total. The smallest absolute Gasteiger partial charge is 0.354 e. The minimum absolute atomic E-state index is 0.164. The Bertz CT molecular complexity index is 1110. The highest BCUT2D eigenvalue weighted by atomic mass is 32.2. The summed E-state index contributed by atoms with van der Waals surface area (Å²) in [5, 5.41) is 13.0. The Morgan fingerprint density at radius 2 is 2.25 bits per heavy atom. The van der Waals surface area contributed by atoms with E-state index in [9.17, 15) is 9.00 Å². The number of hydrogen-bond acceptors (Lipinski definition) is 4. The second kappa shape index (κ2) is 6.31. The molecule has 0 radical (unpaired) electrons. The lowest BCUT2D eigenvalue weighted by Crippen LogP contribution is -2.19. The largest absolute Gasteiger partial charge is 0.475 e. The molecule has 1 aromatic carbocycles. The lowest BCUT2D eigenvalue weighted by atomic mass is 9.95. The number of hydrogen-bond donors (Lipinski definition) is 2. The van der Waals surface area contributed by atoms with Gasteiger partial charge in [-0.15, -0.1) is 4.36 Å². The molecule has 0 saturated heterocycles. The van der Waals surface area contributed by atoms with Gasteiger partial charge in [0.1, 0.15) is 11.5 Å². The Morgan fingerprint density at radius 1 is 1.39 bits per heavy atom. The summed E-state index contributed by atoms with van der Waals surface area (Å²) in [4.78, 5) is 12.9. The van der Waals surface area contributed by atoms with Crippen LogP contribution < -0.4 is 15.2 Å². The van der Waals surface area contributed by atoms with Gasteiger partial charge in [-0.05, 0) is 60.3 Å². The maximum absolute atomic E-state index is 13.0. The summed E-state index contributed by atoms with van der Waals surface area (Å²) in [5.74, 6) is 0.713. The monoisotopic (exact) mass is 401 g/mol. The van der Waals surface area contributed by atoms with Crippen LogP contribution in [0.3, 0.4) is 0 Å². The maximum atomic E-state index is 13.0. The van der Waals surface area contributed by atoms with Crippen LogP contribution in [0.4, 0.5) is 10.5 Å². The van der Waals surface area contributed by atoms with Gasteiger partial charge in [-0.3, -0.25) is 0 Å². The van der Waals surface area contributed by atoms with E-state index in [4.69, 9.17) is 9.88 Å². The van der Waals surface area contributed by atoms with Crippen LogP contribution in [0, 0.1) is 0 Å². The molecule has 2 aliphatic carbocycles. The molecule has 2 atom stereocenters. The first-order valence-corrected chi connectivity index (χ1v) is 11.2. The molecule has 148 valence electrons. The van der Waals surface area contributed by atoms with Crippen LogP contribution in [0.2, 0.25) is 0 Å². The first-order chi connectivity index (χ1) is 13.4. The number of fused-ring (bicyclic) bond motifs is 3. The van der Waals surface area contributed by atoms with Crippen LogP contribution in [0.15, 0.2) is 21.5 Å². The number of aryl methyl sites for hydroxylation is 2. The fourth-order valence-corrected chi connectivity index (χ4v) is 5.65. The molecule has 9 heteroatoms. The fourth-order valence-electron chi connectivity index (χ4n) is 4.65. The highest BCUT2D eigenvalue weighted by Gasteiger charge is 2.30. The van der Waals surface area contributed by atoms with Gasteiger partial charge >= 0.3 is 6.03 Å². The summed E-state index contributed by atoms with van der Waals surface area (Å²) in [6.45, 7) is 3.19. The summed E-state index contributed by atoms with van der Waals surface area (Å²) < 4.78 is 23.8. The average molecular weight is 401 g/mol. The van der Waals surface area contributed by atoms with E-state index in [0.29, 0.717) is 24.9 Å². The van der Waals surface area contributed by atoms with Gasteiger partial charge in [0, 0.05) is 5.69 Å². The molecule has 0 fully saturated rings. The summed E-state index contributed by atoms with van der Waals surface area (Å²) in [7, 11) is -3.45. The molecule has 2 amide bonds. The molecule has 0 saturated carbocycles. The van der Waals surface area contributed by atoms with Crippen molar-refractivity contribution in [2.45, 2.75) is 56.4 Å². The number of nitrogens with one attached hydrogen (secondary N) is 1. The molecule has 28 heavy (non-hydrogen) atoms. The Hall–Kier alpha value is -2.39. The van der Waals surface area contributed by atoms with Crippen molar-refractivity contribution < 1.29 is 13.7 Å². The quantitative estimate of drug-likeness (QED) is 0.806. The second-order valence-electron chi connectivity index (χ2n) is 7.73. The molecule has 3 aliphatic rings. The number of carbonyl (C=O) groups is 1. The predicted octanol–water partition coefficient (Wildman–Crippen LogP) is 2.75. The minimum Gasteiger partial charge on any atom is -0.475 e. The number of amides is 2. The number of rotatable bonds is 2. The number of benzene rings is 1. The van der Waals surface area contributed by atoms with Gasteiger partial charge in [0.05, 0.1) is 12.7 Å². The van der Waals surface area contributed by atoms with Crippen LogP contribution >= 0.6 is 0 Å². The minimum atomic E-state index is -3.45. The summed E-state index contributed by atoms with van der Waals surface area (Å²) >= 11 is 0. The number of nitrogens with zero attached hydrogens (tertiary/aromatic N) is 3. The van der Waals surface area contributed by atoms with E-state index >= 15 is 0 Å². The molecule has 5 rings (SSSR count). The molecule has 8 nitrogen and oxygen atoms in total. The van der Waals surface area contributed by atoms with E-state index in [1.54, 1.807) is 4.68 Å². The average Bonchev–Trinajstić information content (AvgIpc) is 3.37. The van der Waals surface area contributed by atoms with Gasteiger partial charge in [-0.2, -0.15) is 5.10 Å². The summed E-state index contributed by atoms with van der Waals surface area (Å²) in [6, 6.07) is 1.61. The van der Waals surface area contributed by atoms with Gasteiger partial charge in [-0.1, -0.05) is 13.0 Å². The van der Waals surface area contributed by atoms with Crippen molar-refractivity contribution in [1.82, 2.24) is 9.78 Å². The van der Waals surface area contributed by atoms with E-state index in [1.165, 1.54) is 28.5 Å². The van der Waals surface area contributed by atoms with Crippen molar-refractivity contribution in [1.29, 1.82) is 0 Å². The summed E-state index contributed by atoms with van der Waals surface area (Å²) in [6.07, 6.45) is 6.52. The van der Waals surface area contributed by atoms with Crippen molar-refractivity contribution in [3.8, 4) is 5.88 Å². The number of anilines is 1. The van der Waals surface area contributed by atoms with E-state index in [1.807, 2.05) is 0 Å². The van der Waals surface area contributed by atoms with Crippen molar-refractivity contribution in [3.05, 3.63) is 34.5 Å². The molecule has 2 heterocycles. The normalized spacial score (nSPS) is 21.4. The Balaban J connectivity index is 1.51. The molecular weight excluding hydrogens is 378 g/mol. The second-order valence-corrected chi connectivity index (χ2v) is 9.49. The SMILES string of the molecule is CC1CCc2cc3c(c(NC(=O)N=S(N)(=O)c4cnn5c4OCC5)c21)CCC3. The first-order valence-electron chi connectivity index (χ1n) is 9.66.